The number of carbonyl (C=O) groups is 1. The van der Waals surface area contributed by atoms with Gasteiger partial charge in [0.15, 0.2) is 0 Å². The minimum atomic E-state index is -0.110. The van der Waals surface area contributed by atoms with Crippen molar-refractivity contribution in [1.29, 1.82) is 0 Å². The fourth-order valence-corrected chi connectivity index (χ4v) is 2.41. The van der Waals surface area contributed by atoms with Gasteiger partial charge in [-0.1, -0.05) is 20.3 Å². The predicted molar refractivity (Wildman–Crippen MR) is 66.1 cm³/mol. The maximum absolute atomic E-state index is 12.1. The van der Waals surface area contributed by atoms with E-state index < -0.39 is 0 Å². The van der Waals surface area contributed by atoms with E-state index in [-0.39, 0.29) is 11.9 Å². The van der Waals surface area contributed by atoms with Gasteiger partial charge in [0.2, 0.25) is 5.91 Å². The van der Waals surface area contributed by atoms with Crippen LogP contribution in [0.1, 0.15) is 26.7 Å². The van der Waals surface area contributed by atoms with Gasteiger partial charge in [0.1, 0.15) is 6.04 Å². The number of likely N-dealkylation sites (N-methyl/N-ethyl adjacent to an activating group) is 1. The van der Waals surface area contributed by atoms with Crippen molar-refractivity contribution >= 4 is 5.91 Å². The van der Waals surface area contributed by atoms with E-state index in [1.165, 1.54) is 0 Å². The van der Waals surface area contributed by atoms with E-state index in [0.717, 1.165) is 32.5 Å². The van der Waals surface area contributed by atoms with Crippen LogP contribution in [0.25, 0.3) is 0 Å². The Morgan fingerprint density at radius 1 is 1.44 bits per heavy atom. The van der Waals surface area contributed by atoms with Gasteiger partial charge in [-0.3, -0.25) is 9.69 Å². The van der Waals surface area contributed by atoms with Gasteiger partial charge in [0.25, 0.3) is 0 Å². The second-order valence-electron chi connectivity index (χ2n) is 4.92. The van der Waals surface area contributed by atoms with Gasteiger partial charge in [0.05, 0.1) is 0 Å². The van der Waals surface area contributed by atoms with Gasteiger partial charge in [-0.25, -0.2) is 0 Å². The molecule has 0 radical (unpaired) electrons. The highest BCUT2D eigenvalue weighted by Crippen LogP contribution is 2.14. The quantitative estimate of drug-likeness (QED) is 0.762. The predicted octanol–water partition coefficient (Wildman–Crippen LogP) is 0.524. The van der Waals surface area contributed by atoms with Crippen LogP contribution >= 0.6 is 0 Å². The van der Waals surface area contributed by atoms with Crippen LogP contribution in [0.4, 0.5) is 0 Å². The molecular formula is C12H25N3O. The first-order valence-electron chi connectivity index (χ1n) is 6.29. The summed E-state index contributed by atoms with van der Waals surface area (Å²) < 4.78 is 0. The van der Waals surface area contributed by atoms with E-state index in [1.807, 2.05) is 11.9 Å². The summed E-state index contributed by atoms with van der Waals surface area (Å²) in [6, 6.07) is -0.110. The zero-order chi connectivity index (χ0) is 12.1. The van der Waals surface area contributed by atoms with Crippen LogP contribution in [0.15, 0.2) is 0 Å². The third kappa shape index (κ3) is 3.19. The molecule has 2 unspecified atom stereocenters. The van der Waals surface area contributed by atoms with Crippen LogP contribution in [0.5, 0.6) is 0 Å². The fraction of sp³-hybridized carbons (Fsp3) is 0.917. The summed E-state index contributed by atoms with van der Waals surface area (Å²) in [7, 11) is 1.88. The Morgan fingerprint density at radius 2 is 2.12 bits per heavy atom. The van der Waals surface area contributed by atoms with E-state index in [1.54, 1.807) is 0 Å². The van der Waals surface area contributed by atoms with Gasteiger partial charge in [-0.15, -0.1) is 0 Å². The Hall–Kier alpha value is -0.610. The average molecular weight is 227 g/mol. The lowest BCUT2D eigenvalue weighted by molar-refractivity contribution is -0.133. The number of hydrogen-bond acceptors (Lipinski definition) is 3. The summed E-state index contributed by atoms with van der Waals surface area (Å²) in [6.45, 7) is 7.62. The minimum Gasteiger partial charge on any atom is -0.344 e. The summed E-state index contributed by atoms with van der Waals surface area (Å²) in [5.74, 6) is 0.713. The molecule has 2 N–H and O–H groups in total. The lowest BCUT2D eigenvalue weighted by Gasteiger charge is -2.28. The van der Waals surface area contributed by atoms with Crippen LogP contribution in [-0.4, -0.2) is 55.0 Å². The molecule has 0 spiro atoms. The largest absolute Gasteiger partial charge is 0.344 e. The molecule has 2 atom stereocenters. The maximum Gasteiger partial charge on any atom is 0.240 e. The Morgan fingerprint density at radius 3 is 2.69 bits per heavy atom. The molecule has 1 saturated heterocycles. The molecule has 1 rings (SSSR count). The van der Waals surface area contributed by atoms with Crippen LogP contribution in [0.2, 0.25) is 0 Å². The number of nitrogens with two attached hydrogens (primary N) is 1. The molecule has 0 aromatic carbocycles. The molecule has 16 heavy (non-hydrogen) atoms. The number of amides is 1. The molecule has 0 aliphatic carbocycles. The van der Waals surface area contributed by atoms with E-state index in [4.69, 9.17) is 5.73 Å². The van der Waals surface area contributed by atoms with Gasteiger partial charge in [-0.2, -0.15) is 0 Å². The summed E-state index contributed by atoms with van der Waals surface area (Å²) in [5.41, 5.74) is 5.74. The Kier molecular flexibility index (Phi) is 5.22. The molecule has 1 heterocycles. The molecule has 1 aliphatic heterocycles. The van der Waals surface area contributed by atoms with Crippen LogP contribution in [-0.2, 0) is 4.79 Å². The Labute approximate surface area is 98.8 Å². The van der Waals surface area contributed by atoms with Crippen molar-refractivity contribution in [3.63, 3.8) is 0 Å². The second-order valence-corrected chi connectivity index (χ2v) is 4.92. The molecule has 0 saturated carbocycles. The summed E-state index contributed by atoms with van der Waals surface area (Å²) >= 11 is 0. The standard InChI is InChI=1S/C12H25N3O/c1-4-5-6-15-9-10(2)8-14(3)12(16)11(15)7-13/h10-11H,4-9,13H2,1-3H3. The first-order valence-corrected chi connectivity index (χ1v) is 6.29. The zero-order valence-corrected chi connectivity index (χ0v) is 10.8. The van der Waals surface area contributed by atoms with Crippen LogP contribution < -0.4 is 5.73 Å². The van der Waals surface area contributed by atoms with Gasteiger partial charge in [-0.05, 0) is 18.9 Å². The maximum atomic E-state index is 12.1. The molecule has 4 heteroatoms. The number of hydrogen-bond donors (Lipinski definition) is 1. The molecule has 0 aromatic rings. The third-order valence-corrected chi connectivity index (χ3v) is 3.26. The first-order chi connectivity index (χ1) is 7.60. The lowest BCUT2D eigenvalue weighted by atomic mass is 10.1. The monoisotopic (exact) mass is 227 g/mol. The van der Waals surface area contributed by atoms with E-state index in [2.05, 4.69) is 18.7 Å². The molecule has 1 amide bonds. The molecule has 0 aromatic heterocycles. The lowest BCUT2D eigenvalue weighted by Crippen LogP contribution is -2.49. The second kappa shape index (κ2) is 6.21. The van der Waals surface area contributed by atoms with Crippen molar-refractivity contribution in [1.82, 2.24) is 9.80 Å². The van der Waals surface area contributed by atoms with Crippen molar-refractivity contribution < 1.29 is 4.79 Å². The number of unbranched alkanes of at least 4 members (excludes halogenated alkanes) is 1. The van der Waals surface area contributed by atoms with Crippen molar-refractivity contribution in [2.45, 2.75) is 32.7 Å². The zero-order valence-electron chi connectivity index (χ0n) is 10.8. The van der Waals surface area contributed by atoms with Crippen molar-refractivity contribution in [2.24, 2.45) is 11.7 Å². The molecule has 1 aliphatic rings. The SMILES string of the molecule is CCCCN1CC(C)CN(C)C(=O)C1CN. The summed E-state index contributed by atoms with van der Waals surface area (Å²) in [5, 5.41) is 0. The molecule has 4 nitrogen and oxygen atoms in total. The smallest absolute Gasteiger partial charge is 0.240 e. The summed E-state index contributed by atoms with van der Waals surface area (Å²) in [4.78, 5) is 16.2. The van der Waals surface area contributed by atoms with E-state index >= 15 is 0 Å². The normalized spacial score (nSPS) is 28.2. The number of nitrogens with zero attached hydrogens (tertiary/aromatic N) is 2. The van der Waals surface area contributed by atoms with Crippen LogP contribution in [0, 0.1) is 5.92 Å². The van der Waals surface area contributed by atoms with Gasteiger partial charge in [0, 0.05) is 26.7 Å². The van der Waals surface area contributed by atoms with Gasteiger partial charge < -0.3 is 10.6 Å². The number of rotatable bonds is 4. The Balaban J connectivity index is 2.73. The molecule has 94 valence electrons. The molecule has 0 bridgehead atoms. The number of carbonyl (C=O) groups excluding carboxylic acids is 1. The highest BCUT2D eigenvalue weighted by atomic mass is 16.2. The van der Waals surface area contributed by atoms with Crippen molar-refractivity contribution in [3.05, 3.63) is 0 Å². The fourth-order valence-electron chi connectivity index (χ4n) is 2.41. The van der Waals surface area contributed by atoms with Crippen LogP contribution in [0.3, 0.4) is 0 Å². The van der Waals surface area contributed by atoms with Crippen molar-refractivity contribution in [2.75, 3.05) is 33.2 Å². The van der Waals surface area contributed by atoms with E-state index in [0.29, 0.717) is 12.5 Å². The molecule has 1 fully saturated rings. The van der Waals surface area contributed by atoms with Gasteiger partial charge >= 0.3 is 0 Å². The molecular weight excluding hydrogens is 202 g/mol. The highest BCUT2D eigenvalue weighted by molar-refractivity contribution is 5.82. The van der Waals surface area contributed by atoms with Crippen molar-refractivity contribution in [3.8, 4) is 0 Å². The van der Waals surface area contributed by atoms with E-state index in [9.17, 15) is 4.79 Å². The highest BCUT2D eigenvalue weighted by Gasteiger charge is 2.31. The minimum absolute atomic E-state index is 0.110. The Bertz CT molecular complexity index is 232. The third-order valence-electron chi connectivity index (χ3n) is 3.26. The topological polar surface area (TPSA) is 49.6 Å². The average Bonchev–Trinajstić information content (AvgIpc) is 2.34. The summed E-state index contributed by atoms with van der Waals surface area (Å²) in [6.07, 6.45) is 2.30. The first kappa shape index (κ1) is 13.5.